The molecule has 2 fully saturated rings. The second-order valence-electron chi connectivity index (χ2n) is 7.10. The minimum absolute atomic E-state index is 0.0756. The Morgan fingerprint density at radius 1 is 1.04 bits per heavy atom. The zero-order valence-corrected chi connectivity index (χ0v) is 15.4. The number of rotatable bonds is 4. The summed E-state index contributed by atoms with van der Waals surface area (Å²) in [6.45, 7) is 0.804. The summed E-state index contributed by atoms with van der Waals surface area (Å²) in [6, 6.07) is 6.35. The van der Waals surface area contributed by atoms with Crippen LogP contribution >= 0.6 is 0 Å². The van der Waals surface area contributed by atoms with Crippen LogP contribution in [0.3, 0.4) is 0 Å². The Morgan fingerprint density at radius 2 is 1.80 bits per heavy atom. The first-order valence-electron chi connectivity index (χ1n) is 9.52. The Balaban J connectivity index is 1.72. The minimum atomic E-state index is 0.0756. The second kappa shape index (κ2) is 8.45. The first-order valence-corrected chi connectivity index (χ1v) is 9.52. The Bertz CT molecular complexity index is 582. The van der Waals surface area contributed by atoms with Gasteiger partial charge in [-0.2, -0.15) is 0 Å². The van der Waals surface area contributed by atoms with Gasteiger partial charge in [0.05, 0.1) is 20.3 Å². The summed E-state index contributed by atoms with van der Waals surface area (Å²) in [5.41, 5.74) is 1.07. The summed E-state index contributed by atoms with van der Waals surface area (Å²) in [5, 5.41) is 3.28. The molecule has 5 nitrogen and oxygen atoms in total. The largest absolute Gasteiger partial charge is 0.497 e. The lowest BCUT2D eigenvalue weighted by Crippen LogP contribution is -2.44. The van der Waals surface area contributed by atoms with Gasteiger partial charge in [-0.15, -0.1) is 0 Å². The Labute approximate surface area is 150 Å². The monoisotopic (exact) mass is 346 g/mol. The molecule has 1 saturated carbocycles. The van der Waals surface area contributed by atoms with Crippen LogP contribution in [0.25, 0.3) is 0 Å². The molecule has 0 radical (unpaired) electrons. The third-order valence-corrected chi connectivity index (χ3v) is 5.50. The molecule has 1 atom stereocenters. The molecule has 1 aromatic rings. The van der Waals surface area contributed by atoms with Crippen molar-refractivity contribution >= 4 is 6.03 Å². The maximum absolute atomic E-state index is 12.9. The lowest BCUT2D eigenvalue weighted by molar-refractivity contribution is 0.186. The maximum Gasteiger partial charge on any atom is 0.318 e. The first kappa shape index (κ1) is 17.9. The van der Waals surface area contributed by atoms with E-state index in [2.05, 4.69) is 5.32 Å². The van der Waals surface area contributed by atoms with Crippen LogP contribution in [0, 0.1) is 0 Å². The lowest BCUT2D eigenvalue weighted by Gasteiger charge is -2.29. The van der Waals surface area contributed by atoms with E-state index in [1.54, 1.807) is 14.2 Å². The normalized spacial score (nSPS) is 21.7. The molecule has 0 aromatic heterocycles. The van der Waals surface area contributed by atoms with Crippen LogP contribution < -0.4 is 14.8 Å². The molecule has 1 N–H and O–H groups in total. The average Bonchev–Trinajstić information content (AvgIpc) is 2.99. The van der Waals surface area contributed by atoms with Crippen LogP contribution in [0.15, 0.2) is 18.2 Å². The van der Waals surface area contributed by atoms with E-state index in [0.29, 0.717) is 6.04 Å². The van der Waals surface area contributed by atoms with Crippen LogP contribution in [-0.4, -0.2) is 37.7 Å². The number of hydrogen-bond donors (Lipinski definition) is 1. The van der Waals surface area contributed by atoms with E-state index >= 15 is 0 Å². The molecular formula is C20H30N2O3. The number of hydrogen-bond acceptors (Lipinski definition) is 3. The SMILES string of the molecule is COc1ccc(C2CCCN2C(=O)NC2CCCCCC2)c(OC)c1. The summed E-state index contributed by atoms with van der Waals surface area (Å²) in [7, 11) is 3.32. The third kappa shape index (κ3) is 4.20. The Morgan fingerprint density at radius 3 is 2.48 bits per heavy atom. The van der Waals surface area contributed by atoms with Crippen molar-refractivity contribution in [3.8, 4) is 11.5 Å². The summed E-state index contributed by atoms with van der Waals surface area (Å²) in [5.74, 6) is 1.56. The highest BCUT2D eigenvalue weighted by Gasteiger charge is 2.33. The van der Waals surface area contributed by atoms with E-state index in [1.807, 2.05) is 23.1 Å². The van der Waals surface area contributed by atoms with Gasteiger partial charge >= 0.3 is 6.03 Å². The summed E-state index contributed by atoms with van der Waals surface area (Å²) < 4.78 is 10.8. The lowest BCUT2D eigenvalue weighted by atomic mass is 10.0. The van der Waals surface area contributed by atoms with Gasteiger partial charge in [0.25, 0.3) is 0 Å². The van der Waals surface area contributed by atoms with Gasteiger partial charge in [0, 0.05) is 24.2 Å². The van der Waals surface area contributed by atoms with Crippen LogP contribution in [-0.2, 0) is 0 Å². The molecule has 0 bridgehead atoms. The van der Waals surface area contributed by atoms with E-state index < -0.39 is 0 Å². The van der Waals surface area contributed by atoms with Gasteiger partial charge in [-0.1, -0.05) is 25.7 Å². The quantitative estimate of drug-likeness (QED) is 0.828. The molecule has 25 heavy (non-hydrogen) atoms. The van der Waals surface area contributed by atoms with Crippen LogP contribution in [0.5, 0.6) is 11.5 Å². The van der Waals surface area contributed by atoms with Crippen molar-refractivity contribution in [3.05, 3.63) is 23.8 Å². The third-order valence-electron chi connectivity index (χ3n) is 5.50. The highest BCUT2D eigenvalue weighted by atomic mass is 16.5. The number of nitrogens with zero attached hydrogens (tertiary/aromatic N) is 1. The van der Waals surface area contributed by atoms with Gasteiger partial charge in [0.1, 0.15) is 11.5 Å². The number of benzene rings is 1. The molecule has 0 spiro atoms. The number of likely N-dealkylation sites (tertiary alicyclic amines) is 1. The van der Waals surface area contributed by atoms with E-state index in [-0.39, 0.29) is 12.1 Å². The highest BCUT2D eigenvalue weighted by Crippen LogP contribution is 2.38. The van der Waals surface area contributed by atoms with Gasteiger partial charge in [0.15, 0.2) is 0 Å². The van der Waals surface area contributed by atoms with Crippen molar-refractivity contribution in [2.45, 2.75) is 63.5 Å². The zero-order chi connectivity index (χ0) is 17.6. The van der Waals surface area contributed by atoms with Gasteiger partial charge in [-0.3, -0.25) is 0 Å². The number of ether oxygens (including phenoxy) is 2. The molecule has 1 unspecified atom stereocenters. The van der Waals surface area contributed by atoms with Crippen molar-refractivity contribution in [2.75, 3.05) is 20.8 Å². The fourth-order valence-electron chi connectivity index (χ4n) is 4.11. The van der Waals surface area contributed by atoms with Gasteiger partial charge < -0.3 is 19.7 Å². The maximum atomic E-state index is 12.9. The van der Waals surface area contributed by atoms with Crippen molar-refractivity contribution in [2.24, 2.45) is 0 Å². The number of amides is 2. The predicted octanol–water partition coefficient (Wildman–Crippen LogP) is 4.27. The van der Waals surface area contributed by atoms with E-state index in [1.165, 1.54) is 25.7 Å². The second-order valence-corrected chi connectivity index (χ2v) is 7.10. The number of nitrogens with one attached hydrogen (secondary N) is 1. The number of carbonyl (C=O) groups excluding carboxylic acids is 1. The van der Waals surface area contributed by atoms with E-state index in [4.69, 9.17) is 9.47 Å². The fraction of sp³-hybridized carbons (Fsp3) is 0.650. The molecular weight excluding hydrogens is 316 g/mol. The standard InChI is InChI=1S/C20H30N2O3/c1-24-16-11-12-17(19(14-16)25-2)18-10-7-13-22(18)20(23)21-15-8-5-3-4-6-9-15/h11-12,14-15,18H,3-10,13H2,1-2H3,(H,21,23). The van der Waals surface area contributed by atoms with Crippen molar-refractivity contribution < 1.29 is 14.3 Å². The number of methoxy groups -OCH3 is 2. The molecule has 1 saturated heterocycles. The molecule has 1 aromatic carbocycles. The van der Waals surface area contributed by atoms with Crippen molar-refractivity contribution in [3.63, 3.8) is 0 Å². The average molecular weight is 346 g/mol. The Kier molecular flexibility index (Phi) is 6.05. The first-order chi connectivity index (χ1) is 12.2. The molecule has 1 heterocycles. The zero-order valence-electron chi connectivity index (χ0n) is 15.4. The van der Waals surface area contributed by atoms with E-state index in [0.717, 1.165) is 49.3 Å². The smallest absolute Gasteiger partial charge is 0.318 e. The fourth-order valence-corrected chi connectivity index (χ4v) is 4.11. The van der Waals surface area contributed by atoms with Gasteiger partial charge in [0.2, 0.25) is 0 Å². The molecule has 1 aliphatic heterocycles. The topological polar surface area (TPSA) is 50.8 Å². The molecule has 138 valence electrons. The van der Waals surface area contributed by atoms with Crippen molar-refractivity contribution in [1.82, 2.24) is 10.2 Å². The van der Waals surface area contributed by atoms with Gasteiger partial charge in [-0.25, -0.2) is 4.79 Å². The van der Waals surface area contributed by atoms with Crippen LogP contribution in [0.4, 0.5) is 4.79 Å². The number of urea groups is 1. The molecule has 5 heteroatoms. The number of carbonyl (C=O) groups is 1. The highest BCUT2D eigenvalue weighted by molar-refractivity contribution is 5.75. The molecule has 1 aliphatic carbocycles. The molecule has 2 amide bonds. The van der Waals surface area contributed by atoms with Crippen LogP contribution in [0.1, 0.15) is 63.0 Å². The van der Waals surface area contributed by atoms with E-state index in [9.17, 15) is 4.79 Å². The molecule has 2 aliphatic rings. The molecule has 3 rings (SSSR count). The van der Waals surface area contributed by atoms with Crippen molar-refractivity contribution in [1.29, 1.82) is 0 Å². The van der Waals surface area contributed by atoms with Crippen LogP contribution in [0.2, 0.25) is 0 Å². The summed E-state index contributed by atoms with van der Waals surface area (Å²) >= 11 is 0. The van der Waals surface area contributed by atoms with Gasteiger partial charge in [-0.05, 0) is 37.8 Å². The minimum Gasteiger partial charge on any atom is -0.497 e. The summed E-state index contributed by atoms with van der Waals surface area (Å²) in [4.78, 5) is 14.9. The summed E-state index contributed by atoms with van der Waals surface area (Å²) in [6.07, 6.45) is 9.25. The predicted molar refractivity (Wildman–Crippen MR) is 98.2 cm³/mol. The Hall–Kier alpha value is -1.91.